The molecule has 4 rings (SSSR count). The molecule has 4 aromatic rings. The fraction of sp³-hybridized carbons (Fsp3) is 0.207. The molecule has 202 valence electrons. The number of alkyl halides is 3. The Morgan fingerprint density at radius 3 is 2.33 bits per heavy atom. The maximum absolute atomic E-state index is 12.9. The number of halogens is 3. The molecule has 3 N–H and O–H groups in total. The highest BCUT2D eigenvalue weighted by molar-refractivity contribution is 6.04. The minimum absolute atomic E-state index is 0.225. The first kappa shape index (κ1) is 27.6. The van der Waals surface area contributed by atoms with E-state index in [1.54, 1.807) is 30.5 Å². The monoisotopic (exact) mass is 535 g/mol. The molecule has 7 nitrogen and oxygen atoms in total. The maximum Gasteiger partial charge on any atom is 0.573 e. The highest BCUT2D eigenvalue weighted by Crippen LogP contribution is 2.28. The first-order valence-electron chi connectivity index (χ1n) is 12.3. The van der Waals surface area contributed by atoms with Crippen LogP contribution in [0.15, 0.2) is 72.9 Å². The van der Waals surface area contributed by atoms with Gasteiger partial charge in [-0.05, 0) is 91.7 Å². The SMILES string of the molecule is CCNCc1ccc(C)c(NC(=O)c2ccc(Nc3ncc(C)c(-c4ccc(OC(F)(F)F)cc4)n3)cc2)c1. The Hall–Kier alpha value is -4.44. The molecule has 0 saturated heterocycles. The van der Waals surface area contributed by atoms with Crippen LogP contribution in [0.2, 0.25) is 0 Å². The zero-order chi connectivity index (χ0) is 28.0. The molecule has 0 fully saturated rings. The van der Waals surface area contributed by atoms with Gasteiger partial charge in [0, 0.05) is 35.2 Å². The molecule has 0 atom stereocenters. The van der Waals surface area contributed by atoms with Gasteiger partial charge in [-0.25, -0.2) is 9.97 Å². The van der Waals surface area contributed by atoms with Crippen LogP contribution in [0.25, 0.3) is 11.3 Å². The van der Waals surface area contributed by atoms with Crippen molar-refractivity contribution in [3.63, 3.8) is 0 Å². The van der Waals surface area contributed by atoms with Crippen LogP contribution in [-0.2, 0) is 6.54 Å². The van der Waals surface area contributed by atoms with E-state index in [0.717, 1.165) is 35.5 Å². The number of amides is 1. The van der Waals surface area contributed by atoms with Gasteiger partial charge >= 0.3 is 6.36 Å². The summed E-state index contributed by atoms with van der Waals surface area (Å²) < 4.78 is 41.3. The number of carbonyl (C=O) groups is 1. The molecule has 0 aliphatic carbocycles. The van der Waals surface area contributed by atoms with Crippen molar-refractivity contribution in [3.8, 4) is 17.0 Å². The number of aromatic nitrogens is 2. The van der Waals surface area contributed by atoms with Crippen LogP contribution in [0.1, 0.15) is 34.0 Å². The van der Waals surface area contributed by atoms with Gasteiger partial charge in [-0.15, -0.1) is 13.2 Å². The van der Waals surface area contributed by atoms with Crippen molar-refractivity contribution in [2.24, 2.45) is 0 Å². The lowest BCUT2D eigenvalue weighted by atomic mass is 10.1. The van der Waals surface area contributed by atoms with Crippen LogP contribution in [0, 0.1) is 13.8 Å². The molecule has 3 aromatic carbocycles. The topological polar surface area (TPSA) is 88.2 Å². The molecule has 1 heterocycles. The van der Waals surface area contributed by atoms with Crippen LogP contribution in [0.3, 0.4) is 0 Å². The molecule has 1 aromatic heterocycles. The standard InChI is InChI=1S/C29H28F3N5O2/c1-4-33-17-20-6-5-18(2)25(15-20)36-27(38)22-7-11-23(12-8-22)35-28-34-16-19(3)26(37-28)21-9-13-24(14-10-21)39-29(30,31)32/h5-16,33H,4,17H2,1-3H3,(H,36,38)(H,34,35,37). The van der Waals surface area contributed by atoms with Crippen molar-refractivity contribution in [2.45, 2.75) is 33.7 Å². The lowest BCUT2D eigenvalue weighted by molar-refractivity contribution is -0.274. The van der Waals surface area contributed by atoms with Gasteiger partial charge in [-0.1, -0.05) is 19.1 Å². The number of anilines is 3. The van der Waals surface area contributed by atoms with Crippen molar-refractivity contribution in [3.05, 3.63) is 95.2 Å². The van der Waals surface area contributed by atoms with Crippen LogP contribution in [-0.4, -0.2) is 28.8 Å². The van der Waals surface area contributed by atoms with E-state index in [1.807, 2.05) is 39.0 Å². The summed E-state index contributed by atoms with van der Waals surface area (Å²) >= 11 is 0. The van der Waals surface area contributed by atoms with Gasteiger partial charge in [0.05, 0.1) is 5.69 Å². The number of carbonyl (C=O) groups excluding carboxylic acids is 1. The first-order chi connectivity index (χ1) is 18.6. The largest absolute Gasteiger partial charge is 0.573 e. The normalized spacial score (nSPS) is 11.2. The van der Waals surface area contributed by atoms with Crippen LogP contribution in [0.5, 0.6) is 5.75 Å². The van der Waals surface area contributed by atoms with Gasteiger partial charge in [0.1, 0.15) is 5.75 Å². The Labute approximate surface area is 224 Å². The van der Waals surface area contributed by atoms with Crippen LogP contribution >= 0.6 is 0 Å². The summed E-state index contributed by atoms with van der Waals surface area (Å²) in [6, 6.07) is 18.4. The summed E-state index contributed by atoms with van der Waals surface area (Å²) in [5.41, 5.74) is 5.90. The van der Waals surface area contributed by atoms with Crippen molar-refractivity contribution >= 4 is 23.2 Å². The second kappa shape index (κ2) is 12.0. The number of ether oxygens (including phenoxy) is 1. The highest BCUT2D eigenvalue weighted by atomic mass is 19.4. The number of nitrogens with zero attached hydrogens (tertiary/aromatic N) is 2. The predicted octanol–water partition coefficient (Wildman–Crippen LogP) is 6.76. The highest BCUT2D eigenvalue weighted by Gasteiger charge is 2.31. The third-order valence-corrected chi connectivity index (χ3v) is 5.87. The summed E-state index contributed by atoms with van der Waals surface area (Å²) in [5, 5.41) is 9.35. The minimum Gasteiger partial charge on any atom is -0.406 e. The lowest BCUT2D eigenvalue weighted by Gasteiger charge is -2.12. The summed E-state index contributed by atoms with van der Waals surface area (Å²) in [6.45, 7) is 7.38. The van der Waals surface area contributed by atoms with E-state index < -0.39 is 6.36 Å². The molecule has 0 aliphatic rings. The molecule has 0 bridgehead atoms. The van der Waals surface area contributed by atoms with Gasteiger partial charge in [0.15, 0.2) is 0 Å². The molecule has 0 unspecified atom stereocenters. The number of nitrogens with one attached hydrogen (secondary N) is 3. The molecule has 0 spiro atoms. The lowest BCUT2D eigenvalue weighted by Crippen LogP contribution is -2.16. The minimum atomic E-state index is -4.75. The van der Waals surface area contributed by atoms with Gasteiger partial charge in [-0.2, -0.15) is 0 Å². The second-order valence-corrected chi connectivity index (χ2v) is 8.88. The van der Waals surface area contributed by atoms with Crippen molar-refractivity contribution < 1.29 is 22.7 Å². The number of rotatable bonds is 9. The van der Waals surface area contributed by atoms with E-state index in [4.69, 9.17) is 0 Å². The average molecular weight is 536 g/mol. The molecular weight excluding hydrogens is 507 g/mol. The molecule has 1 amide bonds. The van der Waals surface area contributed by atoms with E-state index in [1.165, 1.54) is 24.3 Å². The van der Waals surface area contributed by atoms with Crippen LogP contribution in [0.4, 0.5) is 30.5 Å². The van der Waals surface area contributed by atoms with E-state index in [2.05, 4.69) is 30.7 Å². The summed E-state index contributed by atoms with van der Waals surface area (Å²) in [5.74, 6) is -0.231. The molecule has 0 saturated carbocycles. The summed E-state index contributed by atoms with van der Waals surface area (Å²) in [6.07, 6.45) is -3.13. The Kier molecular flexibility index (Phi) is 8.46. The Morgan fingerprint density at radius 2 is 1.67 bits per heavy atom. The quantitative estimate of drug-likeness (QED) is 0.219. The molecular formula is C29H28F3N5O2. The van der Waals surface area contributed by atoms with E-state index in [0.29, 0.717) is 28.5 Å². The molecule has 10 heteroatoms. The Balaban J connectivity index is 1.44. The molecule has 0 radical (unpaired) electrons. The fourth-order valence-corrected chi connectivity index (χ4v) is 3.82. The van der Waals surface area contributed by atoms with Crippen molar-refractivity contribution in [1.29, 1.82) is 0 Å². The van der Waals surface area contributed by atoms with E-state index in [9.17, 15) is 18.0 Å². The fourth-order valence-electron chi connectivity index (χ4n) is 3.82. The summed E-state index contributed by atoms with van der Waals surface area (Å²) in [7, 11) is 0. The van der Waals surface area contributed by atoms with Gasteiger partial charge < -0.3 is 20.7 Å². The van der Waals surface area contributed by atoms with Crippen molar-refractivity contribution in [1.82, 2.24) is 15.3 Å². The first-order valence-corrected chi connectivity index (χ1v) is 12.3. The maximum atomic E-state index is 12.9. The third kappa shape index (κ3) is 7.55. The molecule has 39 heavy (non-hydrogen) atoms. The van der Waals surface area contributed by atoms with Gasteiger partial charge in [-0.3, -0.25) is 4.79 Å². The zero-order valence-electron chi connectivity index (χ0n) is 21.7. The van der Waals surface area contributed by atoms with Crippen LogP contribution < -0.4 is 20.7 Å². The second-order valence-electron chi connectivity index (χ2n) is 8.88. The van der Waals surface area contributed by atoms with Gasteiger partial charge in [0.25, 0.3) is 5.91 Å². The van der Waals surface area contributed by atoms with Crippen molar-refractivity contribution in [2.75, 3.05) is 17.2 Å². The Morgan fingerprint density at radius 1 is 0.949 bits per heavy atom. The number of aryl methyl sites for hydroxylation is 2. The average Bonchev–Trinajstić information content (AvgIpc) is 2.90. The zero-order valence-corrected chi connectivity index (χ0v) is 21.7. The summed E-state index contributed by atoms with van der Waals surface area (Å²) in [4.78, 5) is 21.7. The smallest absolute Gasteiger partial charge is 0.406 e. The number of hydrogen-bond donors (Lipinski definition) is 3. The number of benzene rings is 3. The third-order valence-electron chi connectivity index (χ3n) is 5.87. The van der Waals surface area contributed by atoms with Gasteiger partial charge in [0.2, 0.25) is 5.95 Å². The van der Waals surface area contributed by atoms with E-state index in [-0.39, 0.29) is 11.7 Å². The van der Waals surface area contributed by atoms with E-state index >= 15 is 0 Å². The predicted molar refractivity (Wildman–Crippen MR) is 145 cm³/mol. The molecule has 0 aliphatic heterocycles. The number of hydrogen-bond acceptors (Lipinski definition) is 6. The Bertz CT molecular complexity index is 1440.